The highest BCUT2D eigenvalue weighted by atomic mass is 16.8. The molecule has 0 saturated carbocycles. The van der Waals surface area contributed by atoms with E-state index in [4.69, 9.17) is 14.2 Å². The molecule has 2 saturated heterocycles. The largest absolute Gasteiger partial charge is 0.422 e. The molecule has 0 bridgehead atoms. The SMILES string of the molecule is O=C1OC2(OC1=O)C(O)CCN2CCOCCc1ccc2ccccc2c1. The Kier molecular flexibility index (Phi) is 4.82. The molecule has 0 aliphatic carbocycles. The van der Waals surface area contributed by atoms with E-state index in [0.717, 1.165) is 6.42 Å². The van der Waals surface area contributed by atoms with E-state index < -0.39 is 24.0 Å². The molecule has 0 aromatic heterocycles. The van der Waals surface area contributed by atoms with Crippen LogP contribution in [0, 0.1) is 0 Å². The van der Waals surface area contributed by atoms with Crippen LogP contribution in [0.25, 0.3) is 10.8 Å². The second-order valence-corrected chi connectivity index (χ2v) is 6.75. The van der Waals surface area contributed by atoms with Gasteiger partial charge in [0.2, 0.25) is 0 Å². The lowest BCUT2D eigenvalue weighted by atomic mass is 10.1. The summed E-state index contributed by atoms with van der Waals surface area (Å²) < 4.78 is 15.7. The molecule has 4 rings (SSSR count). The van der Waals surface area contributed by atoms with Crippen LogP contribution in [0.3, 0.4) is 0 Å². The minimum Gasteiger partial charge on any atom is -0.397 e. The molecular weight excluding hydrogens is 350 g/mol. The van der Waals surface area contributed by atoms with Gasteiger partial charge in [-0.05, 0) is 29.2 Å². The predicted molar refractivity (Wildman–Crippen MR) is 95.6 cm³/mol. The van der Waals surface area contributed by atoms with Crippen LogP contribution in [0.2, 0.25) is 0 Å². The second-order valence-electron chi connectivity index (χ2n) is 6.75. The monoisotopic (exact) mass is 371 g/mol. The number of aliphatic hydroxyl groups excluding tert-OH is 1. The zero-order chi connectivity index (χ0) is 18.9. The number of likely N-dealkylation sites (tertiary alicyclic amines) is 1. The lowest BCUT2D eigenvalue weighted by Gasteiger charge is -2.32. The topological polar surface area (TPSA) is 85.3 Å². The number of ether oxygens (including phenoxy) is 3. The molecule has 1 atom stereocenters. The maximum absolute atomic E-state index is 11.4. The predicted octanol–water partition coefficient (Wildman–Crippen LogP) is 1.22. The van der Waals surface area contributed by atoms with E-state index in [-0.39, 0.29) is 0 Å². The molecule has 1 unspecified atom stereocenters. The van der Waals surface area contributed by atoms with Crippen molar-refractivity contribution in [3.05, 3.63) is 48.0 Å². The van der Waals surface area contributed by atoms with Gasteiger partial charge in [-0.3, -0.25) is 0 Å². The molecule has 2 aliphatic heterocycles. The highest BCUT2D eigenvalue weighted by molar-refractivity contribution is 6.31. The first-order valence-electron chi connectivity index (χ1n) is 9.03. The third-order valence-corrected chi connectivity index (χ3v) is 5.03. The van der Waals surface area contributed by atoms with Gasteiger partial charge in [-0.25, -0.2) is 14.5 Å². The molecule has 2 aliphatic rings. The van der Waals surface area contributed by atoms with E-state index in [1.807, 2.05) is 12.1 Å². The van der Waals surface area contributed by atoms with E-state index in [2.05, 4.69) is 30.3 Å². The molecular formula is C20H21NO6. The number of nitrogens with zero attached hydrogens (tertiary/aromatic N) is 1. The highest BCUT2D eigenvalue weighted by Crippen LogP contribution is 2.36. The Balaban J connectivity index is 1.27. The zero-order valence-corrected chi connectivity index (χ0v) is 14.8. The van der Waals surface area contributed by atoms with Gasteiger partial charge in [0.15, 0.2) is 0 Å². The van der Waals surface area contributed by atoms with Crippen LogP contribution in [0.1, 0.15) is 12.0 Å². The molecule has 2 fully saturated rings. The summed E-state index contributed by atoms with van der Waals surface area (Å²) in [5.41, 5.74) is 1.19. The molecule has 142 valence electrons. The van der Waals surface area contributed by atoms with Gasteiger partial charge in [-0.1, -0.05) is 42.5 Å². The summed E-state index contributed by atoms with van der Waals surface area (Å²) >= 11 is 0. The van der Waals surface area contributed by atoms with Crippen molar-refractivity contribution < 1.29 is 28.9 Å². The van der Waals surface area contributed by atoms with Crippen LogP contribution in [0.4, 0.5) is 0 Å². The Bertz CT molecular complexity index is 850. The molecule has 7 nitrogen and oxygen atoms in total. The Hall–Kier alpha value is -2.48. The molecule has 7 heteroatoms. The highest BCUT2D eigenvalue weighted by Gasteiger charge is 2.61. The van der Waals surface area contributed by atoms with Gasteiger partial charge in [-0.15, -0.1) is 0 Å². The van der Waals surface area contributed by atoms with Crippen molar-refractivity contribution in [2.45, 2.75) is 24.9 Å². The van der Waals surface area contributed by atoms with Gasteiger partial charge in [0, 0.05) is 13.1 Å². The Morgan fingerprint density at radius 2 is 1.81 bits per heavy atom. The number of esters is 2. The minimum absolute atomic E-state index is 0.359. The van der Waals surface area contributed by atoms with Gasteiger partial charge in [-0.2, -0.15) is 0 Å². The Morgan fingerprint density at radius 3 is 2.59 bits per heavy atom. The fourth-order valence-corrected chi connectivity index (χ4v) is 3.59. The number of fused-ring (bicyclic) bond motifs is 1. The van der Waals surface area contributed by atoms with Crippen LogP contribution < -0.4 is 0 Å². The standard InChI is InChI=1S/C20H21NO6/c22-17-7-9-21(20(17)26-18(23)19(24)27-20)10-12-25-11-8-14-5-6-15-3-1-2-4-16(15)13-14/h1-6,13,17,22H,7-12H2. The van der Waals surface area contributed by atoms with Crippen molar-refractivity contribution in [2.75, 3.05) is 26.3 Å². The molecule has 2 heterocycles. The van der Waals surface area contributed by atoms with Crippen molar-refractivity contribution in [1.82, 2.24) is 4.90 Å². The van der Waals surface area contributed by atoms with E-state index in [9.17, 15) is 14.7 Å². The summed E-state index contributed by atoms with van der Waals surface area (Å²) in [6.07, 6.45) is 0.0886. The Labute approximate surface area is 156 Å². The van der Waals surface area contributed by atoms with Crippen LogP contribution in [-0.4, -0.2) is 60.3 Å². The zero-order valence-electron chi connectivity index (χ0n) is 14.8. The Morgan fingerprint density at radius 1 is 1.07 bits per heavy atom. The summed E-state index contributed by atoms with van der Waals surface area (Å²) in [4.78, 5) is 24.4. The number of benzene rings is 2. The first-order valence-corrected chi connectivity index (χ1v) is 9.03. The number of hydrogen-bond donors (Lipinski definition) is 1. The van der Waals surface area contributed by atoms with Crippen LogP contribution in [-0.2, 0) is 30.2 Å². The van der Waals surface area contributed by atoms with E-state index >= 15 is 0 Å². The summed E-state index contributed by atoms with van der Waals surface area (Å²) in [7, 11) is 0. The van der Waals surface area contributed by atoms with Crippen molar-refractivity contribution >= 4 is 22.7 Å². The molecule has 2 aromatic carbocycles. The van der Waals surface area contributed by atoms with Gasteiger partial charge in [0.1, 0.15) is 6.10 Å². The smallest absolute Gasteiger partial charge is 0.397 e. The number of rotatable bonds is 6. The van der Waals surface area contributed by atoms with Gasteiger partial charge >= 0.3 is 17.8 Å². The average Bonchev–Trinajstić information content (AvgIpc) is 3.14. The third-order valence-electron chi connectivity index (χ3n) is 5.03. The fourth-order valence-electron chi connectivity index (χ4n) is 3.59. The third kappa shape index (κ3) is 3.41. The van der Waals surface area contributed by atoms with Gasteiger partial charge < -0.3 is 19.3 Å². The fraction of sp³-hybridized carbons (Fsp3) is 0.400. The number of aliphatic hydroxyl groups is 1. The van der Waals surface area contributed by atoms with E-state index in [0.29, 0.717) is 32.7 Å². The summed E-state index contributed by atoms with van der Waals surface area (Å²) in [6, 6.07) is 14.6. The average molecular weight is 371 g/mol. The van der Waals surface area contributed by atoms with Crippen molar-refractivity contribution in [2.24, 2.45) is 0 Å². The maximum Gasteiger partial charge on any atom is 0.422 e. The van der Waals surface area contributed by atoms with Gasteiger partial charge in [0.05, 0.1) is 13.2 Å². The first kappa shape index (κ1) is 17.9. The van der Waals surface area contributed by atoms with E-state index in [1.165, 1.54) is 16.3 Å². The maximum atomic E-state index is 11.4. The lowest BCUT2D eigenvalue weighted by Crippen LogP contribution is -2.52. The first-order chi connectivity index (χ1) is 13.1. The summed E-state index contributed by atoms with van der Waals surface area (Å²) in [5.74, 6) is -3.83. The van der Waals surface area contributed by atoms with Crippen LogP contribution >= 0.6 is 0 Å². The molecule has 2 aromatic rings. The summed E-state index contributed by atoms with van der Waals surface area (Å²) in [6.45, 7) is 1.75. The van der Waals surface area contributed by atoms with Crippen molar-refractivity contribution in [1.29, 1.82) is 0 Å². The quantitative estimate of drug-likeness (QED) is 0.464. The molecule has 0 radical (unpaired) electrons. The molecule has 0 amide bonds. The van der Waals surface area contributed by atoms with Crippen molar-refractivity contribution in [3.8, 4) is 0 Å². The molecule has 1 spiro atoms. The number of hydrogen-bond acceptors (Lipinski definition) is 7. The molecule has 1 N–H and O–H groups in total. The number of carbonyl (C=O) groups excluding carboxylic acids is 2. The lowest BCUT2D eigenvalue weighted by molar-refractivity contribution is -0.269. The minimum atomic E-state index is -1.68. The number of carbonyl (C=O) groups is 2. The van der Waals surface area contributed by atoms with Gasteiger partial charge in [0.25, 0.3) is 0 Å². The second kappa shape index (κ2) is 7.26. The van der Waals surface area contributed by atoms with Crippen molar-refractivity contribution in [3.63, 3.8) is 0 Å². The molecule has 27 heavy (non-hydrogen) atoms. The normalized spacial score (nSPS) is 21.7. The summed E-state index contributed by atoms with van der Waals surface area (Å²) in [5, 5.41) is 12.5. The van der Waals surface area contributed by atoms with E-state index in [1.54, 1.807) is 4.90 Å². The van der Waals surface area contributed by atoms with Crippen LogP contribution in [0.15, 0.2) is 42.5 Å². The van der Waals surface area contributed by atoms with Crippen LogP contribution in [0.5, 0.6) is 0 Å².